The minimum absolute atomic E-state index is 0. The van der Waals surface area contributed by atoms with E-state index < -0.39 is 0 Å². The molecule has 1 aromatic carbocycles. The number of nitrogens with one attached hydrogen (secondary N) is 1. The van der Waals surface area contributed by atoms with Crippen molar-refractivity contribution in [3.63, 3.8) is 0 Å². The van der Waals surface area contributed by atoms with Gasteiger partial charge in [0.1, 0.15) is 5.69 Å². The summed E-state index contributed by atoms with van der Waals surface area (Å²) < 4.78 is 5.42. The summed E-state index contributed by atoms with van der Waals surface area (Å²) in [5.41, 5.74) is 3.08. The van der Waals surface area contributed by atoms with Crippen LogP contribution in [0.3, 0.4) is 0 Å². The molecule has 0 spiro atoms. The van der Waals surface area contributed by atoms with Gasteiger partial charge in [0.15, 0.2) is 5.76 Å². The Kier molecular flexibility index (Phi) is 6.99. The zero-order valence-corrected chi connectivity index (χ0v) is 15.5. The number of rotatable bonds is 5. The summed E-state index contributed by atoms with van der Waals surface area (Å²) in [7, 11) is 1.92. The van der Waals surface area contributed by atoms with Gasteiger partial charge in [-0.1, -0.05) is 35.0 Å². The third kappa shape index (κ3) is 5.29. The van der Waals surface area contributed by atoms with E-state index in [1.54, 1.807) is 0 Å². The maximum Gasteiger partial charge on any atom is 0.236 e. The number of benzene rings is 1. The zero-order valence-electron chi connectivity index (χ0n) is 14.7. The van der Waals surface area contributed by atoms with Gasteiger partial charge in [-0.05, 0) is 14.0 Å². The van der Waals surface area contributed by atoms with Crippen LogP contribution in [0.2, 0.25) is 0 Å². The van der Waals surface area contributed by atoms with Crippen LogP contribution in [0.15, 0.2) is 34.9 Å². The predicted octanol–water partition coefficient (Wildman–Crippen LogP) is 1.94. The molecule has 25 heavy (non-hydrogen) atoms. The maximum absolute atomic E-state index is 12.3. The van der Waals surface area contributed by atoms with Crippen LogP contribution in [0.1, 0.15) is 11.3 Å². The Hall–Kier alpha value is -1.89. The SMILES string of the molecule is Cc1ccc(-c2cc(CN(C)CC(=O)N3CCNCC3)on2)cc1.Cl. The molecule has 1 saturated heterocycles. The van der Waals surface area contributed by atoms with Crippen molar-refractivity contribution in [1.29, 1.82) is 0 Å². The third-order valence-corrected chi connectivity index (χ3v) is 4.21. The average molecular weight is 365 g/mol. The summed E-state index contributed by atoms with van der Waals surface area (Å²) in [4.78, 5) is 16.1. The van der Waals surface area contributed by atoms with E-state index in [0.717, 1.165) is 43.2 Å². The van der Waals surface area contributed by atoms with Crippen molar-refractivity contribution >= 4 is 18.3 Å². The smallest absolute Gasteiger partial charge is 0.236 e. The highest BCUT2D eigenvalue weighted by Gasteiger charge is 2.18. The molecule has 2 aromatic rings. The van der Waals surface area contributed by atoms with Gasteiger partial charge in [0.25, 0.3) is 0 Å². The van der Waals surface area contributed by atoms with Crippen LogP contribution in [0.4, 0.5) is 0 Å². The van der Waals surface area contributed by atoms with Gasteiger partial charge in [0.05, 0.1) is 13.1 Å². The van der Waals surface area contributed by atoms with Crippen LogP contribution in [0.25, 0.3) is 11.3 Å². The molecule has 1 amide bonds. The molecule has 6 nitrogen and oxygen atoms in total. The largest absolute Gasteiger partial charge is 0.359 e. The first kappa shape index (κ1) is 19.4. The van der Waals surface area contributed by atoms with Crippen molar-refractivity contribution in [2.75, 3.05) is 39.8 Å². The lowest BCUT2D eigenvalue weighted by atomic mass is 10.1. The van der Waals surface area contributed by atoms with Crippen molar-refractivity contribution in [1.82, 2.24) is 20.3 Å². The number of carbonyl (C=O) groups is 1. The van der Waals surface area contributed by atoms with E-state index in [1.165, 1.54) is 5.56 Å². The van der Waals surface area contributed by atoms with E-state index in [1.807, 2.05) is 35.0 Å². The number of amides is 1. The molecular formula is C18H25ClN4O2. The molecule has 1 aliphatic heterocycles. The highest BCUT2D eigenvalue weighted by Crippen LogP contribution is 2.20. The van der Waals surface area contributed by atoms with Crippen LogP contribution in [0, 0.1) is 6.92 Å². The number of hydrogen-bond acceptors (Lipinski definition) is 5. The lowest BCUT2D eigenvalue weighted by Crippen LogP contribution is -2.49. The van der Waals surface area contributed by atoms with Gasteiger partial charge in [0.2, 0.25) is 5.91 Å². The zero-order chi connectivity index (χ0) is 16.9. The van der Waals surface area contributed by atoms with Crippen molar-refractivity contribution < 1.29 is 9.32 Å². The number of halogens is 1. The molecule has 1 N–H and O–H groups in total. The van der Waals surface area contributed by atoms with E-state index in [2.05, 4.69) is 29.5 Å². The topological polar surface area (TPSA) is 61.6 Å². The number of aromatic nitrogens is 1. The molecule has 3 rings (SSSR count). The Morgan fingerprint density at radius 1 is 1.28 bits per heavy atom. The number of likely N-dealkylation sites (N-methyl/N-ethyl adjacent to an activating group) is 1. The standard InChI is InChI=1S/C18H24N4O2.ClH/c1-14-3-5-15(6-4-14)17-11-16(24-20-17)12-21(2)13-18(23)22-9-7-19-8-10-22;/h3-6,11,19H,7-10,12-13H2,1-2H3;1H. The van der Waals surface area contributed by atoms with Gasteiger partial charge in [-0.3, -0.25) is 9.69 Å². The molecular weight excluding hydrogens is 340 g/mol. The second-order valence-electron chi connectivity index (χ2n) is 6.35. The fourth-order valence-corrected chi connectivity index (χ4v) is 2.81. The van der Waals surface area contributed by atoms with Gasteiger partial charge in [-0.15, -0.1) is 12.4 Å². The summed E-state index contributed by atoms with van der Waals surface area (Å²) in [5, 5.41) is 7.39. The third-order valence-electron chi connectivity index (χ3n) is 4.21. The molecule has 0 unspecified atom stereocenters. The number of carbonyl (C=O) groups excluding carboxylic acids is 1. The Morgan fingerprint density at radius 3 is 2.64 bits per heavy atom. The fraction of sp³-hybridized carbons (Fsp3) is 0.444. The molecule has 0 radical (unpaired) electrons. The minimum Gasteiger partial charge on any atom is -0.359 e. The molecule has 0 atom stereocenters. The van der Waals surface area contributed by atoms with Crippen LogP contribution in [0.5, 0.6) is 0 Å². The molecule has 1 fully saturated rings. The lowest BCUT2D eigenvalue weighted by Gasteiger charge is -2.29. The summed E-state index contributed by atoms with van der Waals surface area (Å²) in [6.45, 7) is 6.33. The van der Waals surface area contributed by atoms with Crippen molar-refractivity contribution in [3.8, 4) is 11.3 Å². The van der Waals surface area contributed by atoms with E-state index in [4.69, 9.17) is 4.52 Å². The Morgan fingerprint density at radius 2 is 1.96 bits per heavy atom. The van der Waals surface area contributed by atoms with Crippen LogP contribution < -0.4 is 5.32 Å². The van der Waals surface area contributed by atoms with Crippen LogP contribution in [-0.2, 0) is 11.3 Å². The molecule has 0 saturated carbocycles. The Labute approximate surface area is 154 Å². The van der Waals surface area contributed by atoms with Crippen molar-refractivity contribution in [3.05, 3.63) is 41.7 Å². The summed E-state index contributed by atoms with van der Waals surface area (Å²) in [5.74, 6) is 0.929. The molecule has 1 aliphatic rings. The summed E-state index contributed by atoms with van der Waals surface area (Å²) in [6, 6.07) is 10.1. The van der Waals surface area contributed by atoms with E-state index in [9.17, 15) is 4.79 Å². The highest BCUT2D eigenvalue weighted by molar-refractivity contribution is 5.85. The fourth-order valence-electron chi connectivity index (χ4n) is 2.81. The monoisotopic (exact) mass is 364 g/mol. The van der Waals surface area contributed by atoms with Gasteiger partial charge in [-0.2, -0.15) is 0 Å². The molecule has 1 aromatic heterocycles. The first-order valence-electron chi connectivity index (χ1n) is 8.31. The first-order chi connectivity index (χ1) is 11.6. The second-order valence-corrected chi connectivity index (χ2v) is 6.35. The predicted molar refractivity (Wildman–Crippen MR) is 99.7 cm³/mol. The minimum atomic E-state index is 0. The van der Waals surface area contributed by atoms with Crippen molar-refractivity contribution in [2.45, 2.75) is 13.5 Å². The van der Waals surface area contributed by atoms with E-state index >= 15 is 0 Å². The van der Waals surface area contributed by atoms with Crippen LogP contribution in [-0.4, -0.2) is 60.6 Å². The second kappa shape index (κ2) is 8.99. The molecule has 136 valence electrons. The Bertz CT molecular complexity index is 681. The van der Waals surface area contributed by atoms with Gasteiger partial charge >= 0.3 is 0 Å². The van der Waals surface area contributed by atoms with Crippen molar-refractivity contribution in [2.24, 2.45) is 0 Å². The van der Waals surface area contributed by atoms with E-state index in [-0.39, 0.29) is 18.3 Å². The maximum atomic E-state index is 12.3. The van der Waals surface area contributed by atoms with Gasteiger partial charge in [-0.25, -0.2) is 0 Å². The number of hydrogen-bond donors (Lipinski definition) is 1. The first-order valence-corrected chi connectivity index (χ1v) is 8.31. The molecule has 2 heterocycles. The highest BCUT2D eigenvalue weighted by atomic mass is 35.5. The van der Waals surface area contributed by atoms with Gasteiger partial charge in [0, 0.05) is 37.8 Å². The quantitative estimate of drug-likeness (QED) is 0.878. The normalized spacial score (nSPS) is 14.4. The van der Waals surface area contributed by atoms with Crippen LogP contribution >= 0.6 is 12.4 Å². The lowest BCUT2D eigenvalue weighted by molar-refractivity contribution is -0.132. The molecule has 7 heteroatoms. The number of aryl methyl sites for hydroxylation is 1. The number of nitrogens with zero attached hydrogens (tertiary/aromatic N) is 3. The summed E-state index contributed by atoms with van der Waals surface area (Å²) in [6.07, 6.45) is 0. The Balaban J connectivity index is 0.00000225. The number of piperazine rings is 1. The molecule has 0 bridgehead atoms. The van der Waals surface area contributed by atoms with Gasteiger partial charge < -0.3 is 14.7 Å². The molecule has 0 aliphatic carbocycles. The summed E-state index contributed by atoms with van der Waals surface area (Å²) >= 11 is 0. The van der Waals surface area contributed by atoms with E-state index in [0.29, 0.717) is 13.1 Å². The average Bonchev–Trinajstić information content (AvgIpc) is 3.04.